The average Bonchev–Trinajstić information content (AvgIpc) is 2.86. The topological polar surface area (TPSA) is 44.8 Å². The molecule has 2 saturated heterocycles. The van der Waals surface area contributed by atoms with Crippen molar-refractivity contribution in [2.75, 3.05) is 39.3 Å². The number of carbonyl (C=O) groups is 1. The maximum absolute atomic E-state index is 12.1. The molecular weight excluding hydrogens is 302 g/mol. The number of nitrogens with zero attached hydrogens (tertiary/aromatic N) is 2. The fourth-order valence-electron chi connectivity index (χ4n) is 3.72. The van der Waals surface area contributed by atoms with E-state index in [-0.39, 0.29) is 6.09 Å². The van der Waals surface area contributed by atoms with E-state index in [1.807, 2.05) is 25.7 Å². The zero-order chi connectivity index (χ0) is 17.6. The van der Waals surface area contributed by atoms with Gasteiger partial charge in [0.2, 0.25) is 0 Å². The Hall–Kier alpha value is -0.810. The second-order valence-corrected chi connectivity index (χ2v) is 8.46. The van der Waals surface area contributed by atoms with Crippen LogP contribution in [-0.4, -0.2) is 66.8 Å². The van der Waals surface area contributed by atoms with Crippen LogP contribution in [0.2, 0.25) is 0 Å². The van der Waals surface area contributed by atoms with E-state index in [2.05, 4.69) is 17.1 Å². The molecule has 5 nitrogen and oxygen atoms in total. The lowest BCUT2D eigenvalue weighted by Crippen LogP contribution is -2.37. The van der Waals surface area contributed by atoms with E-state index >= 15 is 0 Å². The molecule has 0 saturated carbocycles. The van der Waals surface area contributed by atoms with Crippen LogP contribution in [0.25, 0.3) is 0 Å². The number of carbonyl (C=O) groups excluding carboxylic acids is 1. The minimum Gasteiger partial charge on any atom is -0.444 e. The Morgan fingerprint density at radius 1 is 1.17 bits per heavy atom. The molecule has 2 atom stereocenters. The van der Waals surface area contributed by atoms with Gasteiger partial charge >= 0.3 is 6.09 Å². The molecule has 0 radical (unpaired) electrons. The molecule has 5 heteroatoms. The zero-order valence-corrected chi connectivity index (χ0v) is 16.1. The third kappa shape index (κ3) is 6.60. The highest BCUT2D eigenvalue weighted by Crippen LogP contribution is 2.20. The molecule has 24 heavy (non-hydrogen) atoms. The average molecular weight is 340 g/mol. The minimum absolute atomic E-state index is 0.158. The molecule has 1 N–H and O–H groups in total. The molecule has 2 heterocycles. The number of rotatable bonds is 5. The Morgan fingerprint density at radius 2 is 1.96 bits per heavy atom. The fraction of sp³-hybridized carbons (Fsp3) is 0.947. The first-order valence-electron chi connectivity index (χ1n) is 9.81. The van der Waals surface area contributed by atoms with E-state index < -0.39 is 5.60 Å². The van der Waals surface area contributed by atoms with Gasteiger partial charge in [0.1, 0.15) is 5.60 Å². The Balaban J connectivity index is 1.67. The quantitative estimate of drug-likeness (QED) is 0.836. The van der Waals surface area contributed by atoms with Crippen LogP contribution in [0.15, 0.2) is 0 Å². The van der Waals surface area contributed by atoms with Gasteiger partial charge in [0.05, 0.1) is 0 Å². The predicted molar refractivity (Wildman–Crippen MR) is 98.3 cm³/mol. The van der Waals surface area contributed by atoms with Crippen LogP contribution in [0.5, 0.6) is 0 Å². The van der Waals surface area contributed by atoms with E-state index in [0.29, 0.717) is 12.0 Å². The summed E-state index contributed by atoms with van der Waals surface area (Å²) < 4.78 is 5.48. The molecule has 0 spiro atoms. The predicted octanol–water partition coefficient (Wildman–Crippen LogP) is 3.10. The molecule has 2 unspecified atom stereocenters. The van der Waals surface area contributed by atoms with Gasteiger partial charge in [-0.1, -0.05) is 6.92 Å². The standard InChI is InChI=1S/C19H37N3O2/c1-5-10-21-11-6-7-17(9-12-21)20-14-16-8-13-22(15-16)18(23)24-19(2,3)4/h16-17,20H,5-15H2,1-4H3. The van der Waals surface area contributed by atoms with Crippen LogP contribution in [0.4, 0.5) is 4.79 Å². The highest BCUT2D eigenvalue weighted by atomic mass is 16.6. The minimum atomic E-state index is -0.405. The van der Waals surface area contributed by atoms with Crippen molar-refractivity contribution in [2.45, 2.75) is 71.4 Å². The van der Waals surface area contributed by atoms with Gasteiger partial charge in [-0.15, -0.1) is 0 Å². The van der Waals surface area contributed by atoms with Crippen LogP contribution in [0, 0.1) is 5.92 Å². The van der Waals surface area contributed by atoms with Gasteiger partial charge in [0, 0.05) is 19.1 Å². The number of nitrogens with one attached hydrogen (secondary N) is 1. The Labute approximate surface area is 148 Å². The lowest BCUT2D eigenvalue weighted by Gasteiger charge is -2.24. The van der Waals surface area contributed by atoms with Crippen molar-refractivity contribution in [3.05, 3.63) is 0 Å². The second-order valence-electron chi connectivity index (χ2n) is 8.46. The molecule has 0 aliphatic carbocycles. The van der Waals surface area contributed by atoms with Gasteiger partial charge in [0.25, 0.3) is 0 Å². The molecule has 2 aliphatic heterocycles. The van der Waals surface area contributed by atoms with E-state index in [1.165, 1.54) is 45.3 Å². The Kier molecular flexibility index (Phi) is 7.35. The molecule has 2 aliphatic rings. The normalized spacial score (nSPS) is 26.4. The third-order valence-electron chi connectivity index (χ3n) is 4.99. The summed E-state index contributed by atoms with van der Waals surface area (Å²) in [4.78, 5) is 16.6. The zero-order valence-electron chi connectivity index (χ0n) is 16.1. The number of ether oxygens (including phenoxy) is 1. The number of likely N-dealkylation sites (tertiary alicyclic amines) is 2. The van der Waals surface area contributed by atoms with Crippen LogP contribution >= 0.6 is 0 Å². The maximum Gasteiger partial charge on any atom is 0.410 e. The summed E-state index contributed by atoms with van der Waals surface area (Å²) in [7, 11) is 0. The molecular formula is C19H37N3O2. The lowest BCUT2D eigenvalue weighted by molar-refractivity contribution is 0.0288. The summed E-state index contributed by atoms with van der Waals surface area (Å²) in [5, 5.41) is 3.77. The highest BCUT2D eigenvalue weighted by molar-refractivity contribution is 5.68. The molecule has 0 bridgehead atoms. The van der Waals surface area contributed by atoms with Crippen molar-refractivity contribution in [2.24, 2.45) is 5.92 Å². The summed E-state index contributed by atoms with van der Waals surface area (Å²) >= 11 is 0. The van der Waals surface area contributed by atoms with E-state index in [1.54, 1.807) is 0 Å². The number of hydrogen-bond donors (Lipinski definition) is 1. The highest BCUT2D eigenvalue weighted by Gasteiger charge is 2.30. The van der Waals surface area contributed by atoms with E-state index in [4.69, 9.17) is 4.74 Å². The van der Waals surface area contributed by atoms with Crippen molar-refractivity contribution in [1.29, 1.82) is 0 Å². The van der Waals surface area contributed by atoms with Crippen LogP contribution in [-0.2, 0) is 4.74 Å². The van der Waals surface area contributed by atoms with E-state index in [9.17, 15) is 4.79 Å². The SMILES string of the molecule is CCCN1CCCC(NCC2CCN(C(=O)OC(C)(C)C)C2)CC1. The molecule has 0 aromatic carbocycles. The molecule has 140 valence electrons. The van der Waals surface area contributed by atoms with Crippen LogP contribution < -0.4 is 5.32 Å². The van der Waals surface area contributed by atoms with Crippen LogP contribution in [0.3, 0.4) is 0 Å². The molecule has 1 amide bonds. The van der Waals surface area contributed by atoms with Gasteiger partial charge in [-0.2, -0.15) is 0 Å². The van der Waals surface area contributed by atoms with Crippen molar-refractivity contribution in [1.82, 2.24) is 15.1 Å². The Morgan fingerprint density at radius 3 is 2.67 bits per heavy atom. The fourth-order valence-corrected chi connectivity index (χ4v) is 3.72. The lowest BCUT2D eigenvalue weighted by atomic mass is 10.1. The van der Waals surface area contributed by atoms with Gasteiger partial charge < -0.3 is 19.9 Å². The molecule has 0 aromatic rings. The number of amides is 1. The summed E-state index contributed by atoms with van der Waals surface area (Å²) in [5.74, 6) is 0.563. The maximum atomic E-state index is 12.1. The number of hydrogen-bond acceptors (Lipinski definition) is 4. The van der Waals surface area contributed by atoms with Gasteiger partial charge in [-0.3, -0.25) is 0 Å². The van der Waals surface area contributed by atoms with Gasteiger partial charge in [0.15, 0.2) is 0 Å². The van der Waals surface area contributed by atoms with Crippen molar-refractivity contribution < 1.29 is 9.53 Å². The largest absolute Gasteiger partial charge is 0.444 e. The van der Waals surface area contributed by atoms with Gasteiger partial charge in [-0.25, -0.2) is 4.79 Å². The van der Waals surface area contributed by atoms with Crippen molar-refractivity contribution in [3.8, 4) is 0 Å². The van der Waals surface area contributed by atoms with Crippen LogP contribution in [0.1, 0.15) is 59.8 Å². The second kappa shape index (κ2) is 9.04. The van der Waals surface area contributed by atoms with Crippen molar-refractivity contribution >= 4 is 6.09 Å². The third-order valence-corrected chi connectivity index (χ3v) is 4.99. The first kappa shape index (κ1) is 19.5. The molecule has 2 rings (SSSR count). The summed E-state index contributed by atoms with van der Waals surface area (Å²) in [6.45, 7) is 14.4. The van der Waals surface area contributed by atoms with E-state index in [0.717, 1.165) is 26.1 Å². The first-order chi connectivity index (χ1) is 11.4. The summed E-state index contributed by atoms with van der Waals surface area (Å²) in [6, 6.07) is 0.641. The van der Waals surface area contributed by atoms with Gasteiger partial charge in [-0.05, 0) is 85.0 Å². The summed E-state index contributed by atoms with van der Waals surface area (Å²) in [6.07, 6.45) is 6.01. The first-order valence-corrected chi connectivity index (χ1v) is 9.81. The Bertz CT molecular complexity index is 395. The molecule has 2 fully saturated rings. The monoisotopic (exact) mass is 339 g/mol. The summed E-state index contributed by atoms with van der Waals surface area (Å²) in [5.41, 5.74) is -0.405. The van der Waals surface area contributed by atoms with Crippen molar-refractivity contribution in [3.63, 3.8) is 0 Å². The smallest absolute Gasteiger partial charge is 0.410 e. The molecule has 0 aromatic heterocycles.